The van der Waals surface area contributed by atoms with Crippen LogP contribution in [0, 0.1) is 5.92 Å². The van der Waals surface area contributed by atoms with E-state index in [1.54, 1.807) is 24.3 Å². The average molecular weight is 411 g/mol. The van der Waals surface area contributed by atoms with E-state index in [-0.39, 0.29) is 23.8 Å². The van der Waals surface area contributed by atoms with Crippen LogP contribution in [0.3, 0.4) is 0 Å². The summed E-state index contributed by atoms with van der Waals surface area (Å²) >= 11 is 0. The third-order valence-electron chi connectivity index (χ3n) is 5.10. The Labute approximate surface area is 178 Å². The van der Waals surface area contributed by atoms with Crippen LogP contribution < -0.4 is 20.1 Å². The fourth-order valence-corrected chi connectivity index (χ4v) is 3.55. The Bertz CT molecular complexity index is 896. The summed E-state index contributed by atoms with van der Waals surface area (Å²) in [6.07, 6.45) is 0.987. The first-order chi connectivity index (χ1) is 14.4. The largest absolute Gasteiger partial charge is 0.494 e. The molecule has 0 spiro atoms. The topological polar surface area (TPSA) is 76.7 Å². The van der Waals surface area contributed by atoms with E-state index in [1.807, 2.05) is 45.9 Å². The summed E-state index contributed by atoms with van der Waals surface area (Å²) in [7, 11) is 0. The van der Waals surface area contributed by atoms with E-state index in [0.29, 0.717) is 18.7 Å². The maximum atomic E-state index is 12.9. The fraction of sp³-hybridized carbons (Fsp3) is 0.417. The third-order valence-corrected chi connectivity index (χ3v) is 5.10. The van der Waals surface area contributed by atoms with Crippen molar-refractivity contribution in [2.75, 3.05) is 6.61 Å². The Kier molecular flexibility index (Phi) is 6.98. The third kappa shape index (κ3) is 5.12. The molecule has 2 aromatic rings. The zero-order valence-corrected chi connectivity index (χ0v) is 18.0. The maximum Gasteiger partial charge on any atom is 0.251 e. The number of hydrogen-bond acceptors (Lipinski definition) is 4. The van der Waals surface area contributed by atoms with Crippen LogP contribution in [0.5, 0.6) is 11.5 Å². The summed E-state index contributed by atoms with van der Waals surface area (Å²) < 4.78 is 11.6. The molecular weight excluding hydrogens is 380 g/mol. The number of carbonyl (C=O) groups excluding carboxylic acids is 2. The molecule has 0 saturated heterocycles. The quantitative estimate of drug-likeness (QED) is 0.699. The van der Waals surface area contributed by atoms with Crippen LogP contribution in [0.4, 0.5) is 0 Å². The van der Waals surface area contributed by atoms with Gasteiger partial charge in [-0.15, -0.1) is 0 Å². The molecule has 6 nitrogen and oxygen atoms in total. The second-order valence-electron chi connectivity index (χ2n) is 7.91. The minimum Gasteiger partial charge on any atom is -0.494 e. The van der Waals surface area contributed by atoms with Crippen molar-refractivity contribution in [3.8, 4) is 11.5 Å². The molecule has 2 atom stereocenters. The summed E-state index contributed by atoms with van der Waals surface area (Å²) in [5.41, 5.74) is 2.51. The normalized spacial score (nSPS) is 15.8. The second-order valence-corrected chi connectivity index (χ2v) is 7.91. The van der Waals surface area contributed by atoms with E-state index in [9.17, 15) is 9.59 Å². The molecule has 30 heavy (non-hydrogen) atoms. The van der Waals surface area contributed by atoms with Crippen molar-refractivity contribution >= 4 is 11.8 Å². The standard InChI is InChI=1S/C24H30N2O4/c1-5-29-20-12-18-11-16(4)30-21(18)13-19(20)14-25-24(28)22(15(2)3)26-23(27)17-9-7-6-8-10-17/h6-10,12-13,15-16,22H,5,11,14H2,1-4H3,(H,25,28)(H,26,27)/t16-,22-/m0/s1. The summed E-state index contributed by atoms with van der Waals surface area (Å²) in [6.45, 7) is 8.62. The Morgan fingerprint density at radius 2 is 1.93 bits per heavy atom. The number of nitrogens with one attached hydrogen (secondary N) is 2. The monoisotopic (exact) mass is 410 g/mol. The Balaban J connectivity index is 1.70. The summed E-state index contributed by atoms with van der Waals surface area (Å²) in [6, 6.07) is 12.2. The lowest BCUT2D eigenvalue weighted by molar-refractivity contribution is -0.124. The van der Waals surface area contributed by atoms with E-state index in [0.717, 1.165) is 29.0 Å². The number of amides is 2. The van der Waals surface area contributed by atoms with Crippen molar-refractivity contribution in [3.63, 3.8) is 0 Å². The van der Waals surface area contributed by atoms with Crippen molar-refractivity contribution in [1.82, 2.24) is 10.6 Å². The van der Waals surface area contributed by atoms with Gasteiger partial charge in [-0.2, -0.15) is 0 Å². The molecule has 0 radical (unpaired) electrons. The molecule has 2 N–H and O–H groups in total. The lowest BCUT2D eigenvalue weighted by Gasteiger charge is -2.22. The molecule has 3 rings (SSSR count). The van der Waals surface area contributed by atoms with E-state index < -0.39 is 6.04 Å². The van der Waals surface area contributed by atoms with Crippen LogP contribution in [0.1, 0.15) is 49.2 Å². The predicted octanol–water partition coefficient (Wildman–Crippen LogP) is 3.48. The van der Waals surface area contributed by atoms with Crippen molar-refractivity contribution in [1.29, 1.82) is 0 Å². The smallest absolute Gasteiger partial charge is 0.251 e. The molecule has 1 heterocycles. The van der Waals surface area contributed by atoms with Crippen LogP contribution in [-0.4, -0.2) is 30.6 Å². The lowest BCUT2D eigenvalue weighted by Crippen LogP contribution is -2.49. The molecule has 0 fully saturated rings. The van der Waals surface area contributed by atoms with E-state index in [2.05, 4.69) is 10.6 Å². The summed E-state index contributed by atoms with van der Waals surface area (Å²) in [5, 5.41) is 5.80. The van der Waals surface area contributed by atoms with Gasteiger partial charge in [0.15, 0.2) is 0 Å². The minimum atomic E-state index is -0.640. The number of rotatable bonds is 8. The van der Waals surface area contributed by atoms with Gasteiger partial charge in [-0.25, -0.2) is 0 Å². The number of fused-ring (bicyclic) bond motifs is 1. The van der Waals surface area contributed by atoms with Crippen LogP contribution in [0.15, 0.2) is 42.5 Å². The zero-order chi connectivity index (χ0) is 21.7. The molecule has 0 bridgehead atoms. The molecule has 2 amide bonds. The number of carbonyl (C=O) groups is 2. The summed E-state index contributed by atoms with van der Waals surface area (Å²) in [4.78, 5) is 25.4. The highest BCUT2D eigenvalue weighted by atomic mass is 16.5. The molecule has 2 aromatic carbocycles. The molecular formula is C24H30N2O4. The van der Waals surface area contributed by atoms with Crippen LogP contribution in [0.25, 0.3) is 0 Å². The van der Waals surface area contributed by atoms with Crippen molar-refractivity contribution < 1.29 is 19.1 Å². The van der Waals surface area contributed by atoms with Crippen molar-refractivity contribution in [2.45, 2.75) is 52.8 Å². The van der Waals surface area contributed by atoms with E-state index in [1.165, 1.54) is 0 Å². The van der Waals surface area contributed by atoms with Gasteiger partial charge in [0.05, 0.1) is 6.61 Å². The Morgan fingerprint density at radius 1 is 1.20 bits per heavy atom. The van der Waals surface area contributed by atoms with Gasteiger partial charge in [0.2, 0.25) is 5.91 Å². The van der Waals surface area contributed by atoms with E-state index in [4.69, 9.17) is 9.47 Å². The number of benzene rings is 2. The van der Waals surface area contributed by atoms with Crippen LogP contribution in [-0.2, 0) is 17.8 Å². The van der Waals surface area contributed by atoms with E-state index >= 15 is 0 Å². The fourth-order valence-electron chi connectivity index (χ4n) is 3.55. The molecule has 0 aromatic heterocycles. The van der Waals surface area contributed by atoms with Gasteiger partial charge in [0.25, 0.3) is 5.91 Å². The molecule has 160 valence electrons. The molecule has 0 aliphatic carbocycles. The van der Waals surface area contributed by atoms with Crippen LogP contribution >= 0.6 is 0 Å². The Hall–Kier alpha value is -3.02. The lowest BCUT2D eigenvalue weighted by atomic mass is 10.0. The van der Waals surface area contributed by atoms with Crippen molar-refractivity contribution in [3.05, 3.63) is 59.2 Å². The highest BCUT2D eigenvalue weighted by Gasteiger charge is 2.26. The first-order valence-corrected chi connectivity index (χ1v) is 10.5. The van der Waals surface area contributed by atoms with Gasteiger partial charge >= 0.3 is 0 Å². The molecule has 1 aliphatic rings. The molecule has 0 unspecified atom stereocenters. The highest BCUT2D eigenvalue weighted by Crippen LogP contribution is 2.35. The maximum absolute atomic E-state index is 12.9. The van der Waals surface area contributed by atoms with Crippen LogP contribution in [0.2, 0.25) is 0 Å². The van der Waals surface area contributed by atoms with Gasteiger partial charge in [0.1, 0.15) is 23.6 Å². The predicted molar refractivity (Wildman–Crippen MR) is 116 cm³/mol. The summed E-state index contributed by atoms with van der Waals surface area (Å²) in [5.74, 6) is 1.04. The van der Waals surface area contributed by atoms with Gasteiger partial charge in [-0.05, 0) is 44.0 Å². The molecule has 6 heteroatoms. The highest BCUT2D eigenvalue weighted by molar-refractivity contribution is 5.97. The number of ether oxygens (including phenoxy) is 2. The SMILES string of the molecule is CCOc1cc2c(cc1CNC(=O)[C@@H](NC(=O)c1ccccc1)C(C)C)O[C@@H](C)C2. The second kappa shape index (κ2) is 9.65. The minimum absolute atomic E-state index is 0.0618. The average Bonchev–Trinajstić information content (AvgIpc) is 3.09. The Morgan fingerprint density at radius 3 is 2.60 bits per heavy atom. The van der Waals surface area contributed by atoms with Gasteiger partial charge in [-0.1, -0.05) is 32.0 Å². The van der Waals surface area contributed by atoms with Gasteiger partial charge in [-0.3, -0.25) is 9.59 Å². The first-order valence-electron chi connectivity index (χ1n) is 10.5. The van der Waals surface area contributed by atoms with Gasteiger partial charge < -0.3 is 20.1 Å². The molecule has 1 aliphatic heterocycles. The zero-order valence-electron chi connectivity index (χ0n) is 18.0. The first kappa shape index (κ1) is 21.7. The van der Waals surface area contributed by atoms with Gasteiger partial charge in [0, 0.05) is 29.7 Å². The molecule has 0 saturated carbocycles. The van der Waals surface area contributed by atoms with Crippen molar-refractivity contribution in [2.24, 2.45) is 5.92 Å². The number of hydrogen-bond donors (Lipinski definition) is 2.